The molecule has 7 heteroatoms. The number of sulfonamides is 1. The molecule has 4 rings (SSSR count). The summed E-state index contributed by atoms with van der Waals surface area (Å²) in [6, 6.07) is 19.0. The summed E-state index contributed by atoms with van der Waals surface area (Å²) in [5.41, 5.74) is 2.71. The van der Waals surface area contributed by atoms with Crippen molar-refractivity contribution in [1.29, 1.82) is 0 Å². The normalized spacial score (nSPS) is 14.5. The first kappa shape index (κ1) is 21.4. The molecule has 0 saturated carbocycles. The molecule has 1 saturated heterocycles. The van der Waals surface area contributed by atoms with Crippen LogP contribution in [0.2, 0.25) is 0 Å². The van der Waals surface area contributed by atoms with Crippen molar-refractivity contribution in [2.24, 2.45) is 0 Å². The van der Waals surface area contributed by atoms with Crippen LogP contribution in [0.5, 0.6) is 0 Å². The molecule has 0 atom stereocenters. The Morgan fingerprint density at radius 1 is 0.897 bits per heavy atom. The fourth-order valence-electron chi connectivity index (χ4n) is 3.86. The van der Waals surface area contributed by atoms with Crippen molar-refractivity contribution in [3.63, 3.8) is 0 Å². The third kappa shape index (κ3) is 3.92. The number of nitrogens with zero attached hydrogens (tertiary/aromatic N) is 2. The van der Waals surface area contributed by atoms with Crippen LogP contribution < -0.4 is 14.5 Å². The molecule has 0 spiro atoms. The number of nitrogens with one attached hydrogen (secondary N) is 1. The highest BCUT2D eigenvalue weighted by atomic mass is 35.5. The number of hydrogen-bond acceptors (Lipinski definition) is 4. The molecule has 0 aromatic heterocycles. The van der Waals surface area contributed by atoms with Crippen LogP contribution in [0.1, 0.15) is 5.56 Å². The van der Waals surface area contributed by atoms with Gasteiger partial charge >= 0.3 is 0 Å². The highest BCUT2D eigenvalue weighted by molar-refractivity contribution is 7.93. The largest absolute Gasteiger partial charge is 0.368 e. The van der Waals surface area contributed by atoms with Crippen molar-refractivity contribution in [1.82, 2.24) is 5.32 Å². The maximum Gasteiger partial charge on any atom is 0.264 e. The molecule has 5 nitrogen and oxygen atoms in total. The van der Waals surface area contributed by atoms with Crippen molar-refractivity contribution in [3.8, 4) is 0 Å². The first-order valence-electron chi connectivity index (χ1n) is 9.52. The van der Waals surface area contributed by atoms with E-state index < -0.39 is 10.0 Å². The number of benzene rings is 3. The fraction of sp³-hybridized carbons (Fsp3) is 0.273. The van der Waals surface area contributed by atoms with Crippen LogP contribution >= 0.6 is 12.4 Å². The average molecular weight is 432 g/mol. The molecule has 0 amide bonds. The predicted octanol–water partition coefficient (Wildman–Crippen LogP) is 3.80. The molecular weight excluding hydrogens is 406 g/mol. The van der Waals surface area contributed by atoms with Gasteiger partial charge in [-0.1, -0.05) is 42.5 Å². The SMILES string of the molecule is Cc1ccccc1N(C)S(=O)(=O)c1ccc(N2CCNCC2)c2ccccc12.Cl. The van der Waals surface area contributed by atoms with Gasteiger partial charge < -0.3 is 10.2 Å². The third-order valence-electron chi connectivity index (χ3n) is 5.41. The van der Waals surface area contributed by atoms with Gasteiger partial charge in [0.1, 0.15) is 0 Å². The molecule has 154 valence electrons. The molecule has 1 aliphatic rings. The summed E-state index contributed by atoms with van der Waals surface area (Å²) in [7, 11) is -2.06. The number of aryl methyl sites for hydroxylation is 1. The Morgan fingerprint density at radius 3 is 2.21 bits per heavy atom. The van der Waals surface area contributed by atoms with E-state index in [-0.39, 0.29) is 12.4 Å². The molecular formula is C22H26ClN3O2S. The van der Waals surface area contributed by atoms with Gasteiger partial charge in [-0.25, -0.2) is 8.42 Å². The van der Waals surface area contributed by atoms with Crippen LogP contribution in [-0.2, 0) is 10.0 Å². The summed E-state index contributed by atoms with van der Waals surface area (Å²) in [5, 5.41) is 5.10. The lowest BCUT2D eigenvalue weighted by Gasteiger charge is -2.31. The lowest BCUT2D eigenvalue weighted by Crippen LogP contribution is -2.43. The van der Waals surface area contributed by atoms with Gasteiger partial charge in [-0.3, -0.25) is 4.31 Å². The van der Waals surface area contributed by atoms with E-state index in [1.807, 2.05) is 61.5 Å². The monoisotopic (exact) mass is 431 g/mol. The maximum atomic E-state index is 13.5. The molecule has 0 radical (unpaired) electrons. The average Bonchev–Trinajstić information content (AvgIpc) is 2.73. The Balaban J connectivity index is 0.00000240. The van der Waals surface area contributed by atoms with Gasteiger partial charge in [0.05, 0.1) is 10.6 Å². The number of para-hydroxylation sites is 1. The van der Waals surface area contributed by atoms with Crippen molar-refractivity contribution in [2.45, 2.75) is 11.8 Å². The number of halogens is 1. The van der Waals surface area contributed by atoms with Gasteiger partial charge in [-0.15, -0.1) is 12.4 Å². The van der Waals surface area contributed by atoms with E-state index in [0.717, 1.165) is 48.2 Å². The molecule has 29 heavy (non-hydrogen) atoms. The second-order valence-corrected chi connectivity index (χ2v) is 9.06. The first-order chi connectivity index (χ1) is 13.5. The summed E-state index contributed by atoms with van der Waals surface area (Å²) in [5.74, 6) is 0. The van der Waals surface area contributed by atoms with Gasteiger partial charge in [0.25, 0.3) is 10.0 Å². The van der Waals surface area contributed by atoms with Crippen molar-refractivity contribution in [3.05, 3.63) is 66.2 Å². The lowest BCUT2D eigenvalue weighted by molar-refractivity contribution is 0.589. The van der Waals surface area contributed by atoms with Gasteiger partial charge in [0, 0.05) is 49.7 Å². The van der Waals surface area contributed by atoms with Gasteiger partial charge in [0.2, 0.25) is 0 Å². The van der Waals surface area contributed by atoms with Crippen LogP contribution in [0.25, 0.3) is 10.8 Å². The Labute approximate surface area is 178 Å². The number of rotatable bonds is 4. The fourth-order valence-corrected chi connectivity index (χ4v) is 5.31. The zero-order chi connectivity index (χ0) is 19.7. The molecule has 1 N–H and O–H groups in total. The lowest BCUT2D eigenvalue weighted by atomic mass is 10.1. The molecule has 3 aromatic carbocycles. The van der Waals surface area contributed by atoms with Crippen LogP contribution in [0, 0.1) is 6.92 Å². The minimum absolute atomic E-state index is 0. The number of piperazine rings is 1. The summed E-state index contributed by atoms with van der Waals surface area (Å²) in [6.07, 6.45) is 0. The second-order valence-electron chi connectivity index (χ2n) is 7.12. The van der Waals surface area contributed by atoms with Crippen molar-refractivity contribution >= 4 is 44.6 Å². The van der Waals surface area contributed by atoms with Gasteiger partial charge in [0.15, 0.2) is 0 Å². The van der Waals surface area contributed by atoms with E-state index in [9.17, 15) is 8.42 Å². The Bertz CT molecular complexity index is 1110. The number of anilines is 2. The standard InChI is InChI=1S/C22H25N3O2S.ClH/c1-17-7-3-6-10-20(17)24(2)28(26,27)22-12-11-21(25-15-13-23-14-16-25)18-8-4-5-9-19(18)22;/h3-12,23H,13-16H2,1-2H3;1H. The quantitative estimate of drug-likeness (QED) is 0.682. The maximum absolute atomic E-state index is 13.5. The van der Waals surface area contributed by atoms with Crippen molar-refractivity contribution in [2.75, 3.05) is 42.4 Å². The zero-order valence-corrected chi connectivity index (χ0v) is 18.3. The zero-order valence-electron chi connectivity index (χ0n) is 16.6. The second kappa shape index (κ2) is 8.61. The Kier molecular flexibility index (Phi) is 6.36. The minimum Gasteiger partial charge on any atom is -0.368 e. The summed E-state index contributed by atoms with van der Waals surface area (Å²) in [6.45, 7) is 5.63. The van der Waals surface area contributed by atoms with E-state index in [1.54, 1.807) is 13.1 Å². The van der Waals surface area contributed by atoms with Crippen molar-refractivity contribution < 1.29 is 8.42 Å². The van der Waals surface area contributed by atoms with E-state index >= 15 is 0 Å². The van der Waals surface area contributed by atoms with Crippen LogP contribution in [0.4, 0.5) is 11.4 Å². The summed E-state index contributed by atoms with van der Waals surface area (Å²) < 4.78 is 28.4. The molecule has 0 bridgehead atoms. The summed E-state index contributed by atoms with van der Waals surface area (Å²) >= 11 is 0. The topological polar surface area (TPSA) is 52.7 Å². The highest BCUT2D eigenvalue weighted by Crippen LogP contribution is 2.34. The van der Waals surface area contributed by atoms with E-state index in [1.165, 1.54) is 4.31 Å². The molecule has 1 fully saturated rings. The molecule has 3 aromatic rings. The third-order valence-corrected chi connectivity index (χ3v) is 7.24. The number of fused-ring (bicyclic) bond motifs is 1. The smallest absolute Gasteiger partial charge is 0.264 e. The predicted molar refractivity (Wildman–Crippen MR) is 123 cm³/mol. The Hall–Kier alpha value is -2.28. The molecule has 1 heterocycles. The molecule has 0 aliphatic carbocycles. The first-order valence-corrected chi connectivity index (χ1v) is 11.0. The summed E-state index contributed by atoms with van der Waals surface area (Å²) in [4.78, 5) is 2.66. The highest BCUT2D eigenvalue weighted by Gasteiger charge is 2.26. The van der Waals surface area contributed by atoms with Gasteiger partial charge in [-0.2, -0.15) is 0 Å². The van der Waals surface area contributed by atoms with E-state index in [2.05, 4.69) is 10.2 Å². The Morgan fingerprint density at radius 2 is 1.52 bits per heavy atom. The minimum atomic E-state index is -3.69. The molecule has 1 aliphatic heterocycles. The van der Waals surface area contributed by atoms with Crippen LogP contribution in [0.15, 0.2) is 65.6 Å². The van der Waals surface area contributed by atoms with E-state index in [0.29, 0.717) is 10.6 Å². The van der Waals surface area contributed by atoms with E-state index in [4.69, 9.17) is 0 Å². The molecule has 0 unspecified atom stereocenters. The van der Waals surface area contributed by atoms with Crippen LogP contribution in [0.3, 0.4) is 0 Å². The van der Waals surface area contributed by atoms with Gasteiger partial charge in [-0.05, 0) is 30.7 Å². The van der Waals surface area contributed by atoms with Crippen LogP contribution in [-0.4, -0.2) is 41.6 Å². The number of hydrogen-bond donors (Lipinski definition) is 1.